The van der Waals surface area contributed by atoms with E-state index in [2.05, 4.69) is 15.9 Å². The van der Waals surface area contributed by atoms with Crippen LogP contribution in [0.5, 0.6) is 0 Å². The first-order valence-electron chi connectivity index (χ1n) is 6.43. The highest BCUT2D eigenvalue weighted by molar-refractivity contribution is 9.10. The van der Waals surface area contributed by atoms with Gasteiger partial charge in [0.25, 0.3) is 0 Å². The third kappa shape index (κ3) is 6.78. The van der Waals surface area contributed by atoms with Gasteiger partial charge in [0.2, 0.25) is 5.24 Å². The molecule has 7 heteroatoms. The highest BCUT2D eigenvalue weighted by atomic mass is 79.9. The molecule has 0 aromatic carbocycles. The zero-order chi connectivity index (χ0) is 17.1. The first kappa shape index (κ1) is 20.4. The summed E-state index contributed by atoms with van der Waals surface area (Å²) in [6.07, 6.45) is 0. The van der Waals surface area contributed by atoms with Crippen molar-refractivity contribution in [3.8, 4) is 0 Å². The molecular formula is C14H22BrClO5. The van der Waals surface area contributed by atoms with Crippen molar-refractivity contribution in [1.29, 1.82) is 0 Å². The van der Waals surface area contributed by atoms with Crippen molar-refractivity contribution < 1.29 is 23.9 Å². The van der Waals surface area contributed by atoms with E-state index in [-0.39, 0.29) is 13.2 Å². The lowest BCUT2D eigenvalue weighted by molar-refractivity contribution is -0.161. The maximum atomic E-state index is 11.7. The molecule has 0 saturated carbocycles. The van der Waals surface area contributed by atoms with E-state index in [9.17, 15) is 14.4 Å². The van der Waals surface area contributed by atoms with Crippen LogP contribution in [0.15, 0.2) is 0 Å². The normalized spacial score (nSPS) is 15.0. The SMILES string of the molecule is CC(C)(C)C(=O)OCC(C)(COC(=O)C(C)(C)Br)C(=O)Cl. The first-order chi connectivity index (χ1) is 9.20. The second-order valence-corrected chi connectivity index (χ2v) is 9.03. The van der Waals surface area contributed by atoms with Crippen molar-refractivity contribution in [1.82, 2.24) is 0 Å². The summed E-state index contributed by atoms with van der Waals surface area (Å²) in [6, 6.07) is 0. The molecule has 21 heavy (non-hydrogen) atoms. The van der Waals surface area contributed by atoms with Crippen LogP contribution in [0.4, 0.5) is 0 Å². The minimum absolute atomic E-state index is 0.249. The molecule has 0 aromatic rings. The molecule has 0 N–H and O–H groups in total. The number of ether oxygens (including phenoxy) is 2. The Balaban J connectivity index is 4.77. The zero-order valence-electron chi connectivity index (χ0n) is 13.2. The molecular weight excluding hydrogens is 364 g/mol. The van der Waals surface area contributed by atoms with Crippen molar-refractivity contribution in [3.05, 3.63) is 0 Å². The number of alkyl halides is 1. The van der Waals surface area contributed by atoms with E-state index < -0.39 is 32.3 Å². The molecule has 0 fully saturated rings. The van der Waals surface area contributed by atoms with E-state index in [1.54, 1.807) is 34.6 Å². The van der Waals surface area contributed by atoms with Crippen LogP contribution in [-0.2, 0) is 23.9 Å². The quantitative estimate of drug-likeness (QED) is 0.399. The Bertz CT molecular complexity index is 390. The second-order valence-electron chi connectivity index (χ2n) is 6.71. The van der Waals surface area contributed by atoms with Gasteiger partial charge in [0.1, 0.15) is 23.0 Å². The second kappa shape index (κ2) is 7.09. The van der Waals surface area contributed by atoms with Crippen LogP contribution in [0.3, 0.4) is 0 Å². The van der Waals surface area contributed by atoms with E-state index in [1.807, 2.05) is 0 Å². The maximum absolute atomic E-state index is 11.7. The number of hydrogen-bond acceptors (Lipinski definition) is 5. The van der Waals surface area contributed by atoms with Gasteiger partial charge in [-0.2, -0.15) is 0 Å². The predicted octanol–water partition coefficient (Wildman–Crippen LogP) is 3.06. The fourth-order valence-electron chi connectivity index (χ4n) is 0.993. The van der Waals surface area contributed by atoms with Gasteiger partial charge in [0.15, 0.2) is 0 Å². The van der Waals surface area contributed by atoms with Gasteiger partial charge in [-0.25, -0.2) is 0 Å². The van der Waals surface area contributed by atoms with E-state index in [4.69, 9.17) is 21.1 Å². The van der Waals surface area contributed by atoms with E-state index >= 15 is 0 Å². The molecule has 0 spiro atoms. The van der Waals surface area contributed by atoms with Crippen LogP contribution in [0.25, 0.3) is 0 Å². The molecule has 0 aliphatic heterocycles. The highest BCUT2D eigenvalue weighted by Gasteiger charge is 2.38. The molecule has 0 aliphatic rings. The van der Waals surface area contributed by atoms with Crippen LogP contribution in [0, 0.1) is 10.8 Å². The average Bonchev–Trinajstić information content (AvgIpc) is 2.30. The summed E-state index contributed by atoms with van der Waals surface area (Å²) in [7, 11) is 0. The Morgan fingerprint density at radius 1 is 0.905 bits per heavy atom. The Morgan fingerprint density at radius 3 is 1.57 bits per heavy atom. The zero-order valence-corrected chi connectivity index (χ0v) is 15.6. The Morgan fingerprint density at radius 2 is 1.29 bits per heavy atom. The molecule has 5 nitrogen and oxygen atoms in total. The van der Waals surface area contributed by atoms with E-state index in [0.29, 0.717) is 0 Å². The van der Waals surface area contributed by atoms with Crippen LogP contribution < -0.4 is 0 Å². The molecule has 0 saturated heterocycles. The van der Waals surface area contributed by atoms with Gasteiger partial charge in [-0.3, -0.25) is 14.4 Å². The van der Waals surface area contributed by atoms with Gasteiger partial charge in [-0.1, -0.05) is 15.9 Å². The van der Waals surface area contributed by atoms with Crippen LogP contribution in [0.2, 0.25) is 0 Å². The molecule has 0 amide bonds. The molecule has 0 rings (SSSR count). The van der Waals surface area contributed by atoms with Gasteiger partial charge in [0, 0.05) is 0 Å². The lowest BCUT2D eigenvalue weighted by atomic mass is 9.94. The topological polar surface area (TPSA) is 69.7 Å². The summed E-state index contributed by atoms with van der Waals surface area (Å²) in [5.41, 5.74) is -1.97. The number of halogens is 2. The molecule has 122 valence electrons. The molecule has 0 bridgehead atoms. The summed E-state index contributed by atoms with van der Waals surface area (Å²) < 4.78 is 9.30. The van der Waals surface area contributed by atoms with Crippen molar-refractivity contribution in [2.75, 3.05) is 13.2 Å². The molecule has 0 aromatic heterocycles. The minimum Gasteiger partial charge on any atom is -0.464 e. The smallest absolute Gasteiger partial charge is 0.322 e. The third-order valence-electron chi connectivity index (χ3n) is 2.62. The predicted molar refractivity (Wildman–Crippen MR) is 83.3 cm³/mol. The van der Waals surface area contributed by atoms with Crippen molar-refractivity contribution in [2.45, 2.75) is 45.9 Å². The molecule has 1 atom stereocenters. The fraction of sp³-hybridized carbons (Fsp3) is 0.786. The highest BCUT2D eigenvalue weighted by Crippen LogP contribution is 2.26. The molecule has 0 aliphatic carbocycles. The van der Waals surface area contributed by atoms with Gasteiger partial charge in [0.05, 0.1) is 5.41 Å². The summed E-state index contributed by atoms with van der Waals surface area (Å²) in [5.74, 6) is -0.993. The van der Waals surface area contributed by atoms with Gasteiger partial charge < -0.3 is 9.47 Å². The van der Waals surface area contributed by atoms with Crippen LogP contribution in [0.1, 0.15) is 41.5 Å². The fourth-order valence-corrected chi connectivity index (χ4v) is 1.22. The summed E-state index contributed by atoms with van der Waals surface area (Å²) in [6.45, 7) is 9.30. The monoisotopic (exact) mass is 384 g/mol. The third-order valence-corrected chi connectivity index (χ3v) is 3.40. The van der Waals surface area contributed by atoms with Crippen molar-refractivity contribution >= 4 is 44.7 Å². The van der Waals surface area contributed by atoms with Crippen molar-refractivity contribution in [2.24, 2.45) is 10.8 Å². The van der Waals surface area contributed by atoms with E-state index in [0.717, 1.165) is 0 Å². The van der Waals surface area contributed by atoms with Gasteiger partial charge >= 0.3 is 11.9 Å². The maximum Gasteiger partial charge on any atom is 0.322 e. The first-order valence-corrected chi connectivity index (χ1v) is 7.60. The van der Waals surface area contributed by atoms with Crippen molar-refractivity contribution in [3.63, 3.8) is 0 Å². The Hall–Kier alpha value is -0.620. The largest absolute Gasteiger partial charge is 0.464 e. The summed E-state index contributed by atoms with van der Waals surface area (Å²) in [5, 5.41) is -0.732. The van der Waals surface area contributed by atoms with Crippen LogP contribution in [-0.4, -0.2) is 34.7 Å². The molecule has 0 heterocycles. The number of hydrogen-bond donors (Lipinski definition) is 0. The molecule has 1 unspecified atom stereocenters. The molecule has 0 radical (unpaired) electrons. The Labute approximate surface area is 138 Å². The van der Waals surface area contributed by atoms with E-state index in [1.165, 1.54) is 6.92 Å². The Kier molecular flexibility index (Phi) is 6.88. The number of carbonyl (C=O) groups excluding carboxylic acids is 3. The minimum atomic E-state index is -1.28. The standard InChI is InChI=1S/C14H22BrClO5/c1-12(2,3)10(18)20-7-14(6,9(16)17)8-21-11(19)13(4,5)15/h7-8H2,1-6H3. The average molecular weight is 386 g/mol. The summed E-state index contributed by atoms with van der Waals surface area (Å²) >= 11 is 8.71. The number of esters is 2. The van der Waals surface area contributed by atoms with Gasteiger partial charge in [-0.05, 0) is 53.1 Å². The summed E-state index contributed by atoms with van der Waals surface area (Å²) in [4.78, 5) is 35.0. The lowest BCUT2D eigenvalue weighted by Crippen LogP contribution is -2.40. The van der Waals surface area contributed by atoms with Gasteiger partial charge in [-0.15, -0.1) is 0 Å². The lowest BCUT2D eigenvalue weighted by Gasteiger charge is -2.27. The number of rotatable bonds is 6. The number of carbonyl (C=O) groups is 3. The van der Waals surface area contributed by atoms with Crippen LogP contribution >= 0.6 is 27.5 Å².